The summed E-state index contributed by atoms with van der Waals surface area (Å²) in [5.41, 5.74) is 1.75. The molecule has 0 saturated heterocycles. The molecule has 2 N–H and O–H groups in total. The molecule has 2 rings (SSSR count). The third kappa shape index (κ3) is 4.07. The second kappa shape index (κ2) is 6.30. The summed E-state index contributed by atoms with van der Waals surface area (Å²) < 4.78 is 5.90. The molecule has 1 heterocycles. The van der Waals surface area contributed by atoms with E-state index >= 15 is 0 Å². The van der Waals surface area contributed by atoms with E-state index in [2.05, 4.69) is 52.2 Å². The SMILES string of the molecule is CC(C)(C)c1[nH]nc(NC(=O)OCc2ccccc2)c1Br. The maximum Gasteiger partial charge on any atom is 0.413 e. The molecule has 0 radical (unpaired) electrons. The standard InChI is InChI=1S/C15H18BrN3O2/c1-15(2,3)12-11(16)13(19-18-12)17-14(20)21-9-10-7-5-4-6-8-10/h4-8H,9H2,1-3H3,(H2,17,18,19,20). The number of aromatic amines is 1. The maximum atomic E-state index is 11.8. The Bertz CT molecular complexity index is 618. The minimum Gasteiger partial charge on any atom is -0.444 e. The molecular weight excluding hydrogens is 334 g/mol. The van der Waals surface area contributed by atoms with E-state index < -0.39 is 6.09 Å². The topological polar surface area (TPSA) is 67.0 Å². The highest BCUT2D eigenvalue weighted by molar-refractivity contribution is 9.10. The molecule has 0 unspecified atom stereocenters. The first-order valence-electron chi connectivity index (χ1n) is 6.60. The number of nitrogens with one attached hydrogen (secondary N) is 2. The minimum absolute atomic E-state index is 0.0975. The van der Waals surface area contributed by atoms with Crippen LogP contribution in [0.25, 0.3) is 0 Å². The zero-order chi connectivity index (χ0) is 15.5. The number of halogens is 1. The van der Waals surface area contributed by atoms with Gasteiger partial charge < -0.3 is 4.74 Å². The number of hydrogen-bond donors (Lipinski definition) is 2. The first-order chi connectivity index (χ1) is 9.88. The van der Waals surface area contributed by atoms with Gasteiger partial charge in [-0.3, -0.25) is 10.4 Å². The summed E-state index contributed by atoms with van der Waals surface area (Å²) in [5.74, 6) is 0.429. The highest BCUT2D eigenvalue weighted by atomic mass is 79.9. The summed E-state index contributed by atoms with van der Waals surface area (Å²) in [5, 5.41) is 9.64. The van der Waals surface area contributed by atoms with Gasteiger partial charge in [0.05, 0.1) is 10.2 Å². The van der Waals surface area contributed by atoms with Crippen molar-refractivity contribution in [2.45, 2.75) is 32.8 Å². The van der Waals surface area contributed by atoms with Crippen LogP contribution in [0, 0.1) is 0 Å². The highest BCUT2D eigenvalue weighted by Gasteiger charge is 2.23. The second-order valence-electron chi connectivity index (χ2n) is 5.70. The molecule has 0 spiro atoms. The van der Waals surface area contributed by atoms with Crippen molar-refractivity contribution in [2.75, 3.05) is 5.32 Å². The summed E-state index contributed by atoms with van der Waals surface area (Å²) in [6.07, 6.45) is -0.536. The number of ether oxygens (including phenoxy) is 1. The molecule has 0 aliphatic heterocycles. The lowest BCUT2D eigenvalue weighted by Crippen LogP contribution is -2.15. The Morgan fingerprint density at radius 1 is 1.33 bits per heavy atom. The van der Waals surface area contributed by atoms with E-state index in [-0.39, 0.29) is 12.0 Å². The molecule has 1 aromatic carbocycles. The average Bonchev–Trinajstić information content (AvgIpc) is 2.79. The van der Waals surface area contributed by atoms with Gasteiger partial charge in [0.15, 0.2) is 5.82 Å². The Labute approximate surface area is 132 Å². The van der Waals surface area contributed by atoms with Crippen molar-refractivity contribution in [1.82, 2.24) is 10.2 Å². The van der Waals surface area contributed by atoms with Crippen LogP contribution in [-0.2, 0) is 16.8 Å². The van der Waals surface area contributed by atoms with Crippen LogP contribution in [0.5, 0.6) is 0 Å². The van der Waals surface area contributed by atoms with Crippen LogP contribution in [0.2, 0.25) is 0 Å². The molecule has 112 valence electrons. The molecule has 0 fully saturated rings. The molecule has 2 aromatic rings. The van der Waals surface area contributed by atoms with Crippen LogP contribution in [0.1, 0.15) is 32.0 Å². The molecule has 0 saturated carbocycles. The lowest BCUT2D eigenvalue weighted by atomic mass is 9.92. The van der Waals surface area contributed by atoms with Crippen LogP contribution >= 0.6 is 15.9 Å². The number of aromatic nitrogens is 2. The summed E-state index contributed by atoms with van der Waals surface area (Å²) in [6.45, 7) is 6.40. The Morgan fingerprint density at radius 2 is 2.00 bits per heavy atom. The third-order valence-electron chi connectivity index (χ3n) is 2.89. The molecule has 0 aliphatic carbocycles. The van der Waals surface area contributed by atoms with Gasteiger partial charge in [-0.05, 0) is 21.5 Å². The fourth-order valence-corrected chi connectivity index (χ4v) is 2.64. The van der Waals surface area contributed by atoms with Crippen molar-refractivity contribution < 1.29 is 9.53 Å². The molecule has 5 nitrogen and oxygen atoms in total. The number of amides is 1. The summed E-state index contributed by atoms with van der Waals surface area (Å²) in [4.78, 5) is 11.8. The lowest BCUT2D eigenvalue weighted by Gasteiger charge is -2.16. The van der Waals surface area contributed by atoms with E-state index in [1.807, 2.05) is 30.3 Å². The van der Waals surface area contributed by atoms with Gasteiger partial charge in [0, 0.05) is 5.41 Å². The van der Waals surface area contributed by atoms with Crippen LogP contribution < -0.4 is 5.32 Å². The predicted molar refractivity (Wildman–Crippen MR) is 85.2 cm³/mol. The van der Waals surface area contributed by atoms with Crippen molar-refractivity contribution in [2.24, 2.45) is 0 Å². The molecular formula is C15H18BrN3O2. The van der Waals surface area contributed by atoms with Crippen molar-refractivity contribution in [3.63, 3.8) is 0 Å². The number of anilines is 1. The Kier molecular flexibility index (Phi) is 4.67. The number of carbonyl (C=O) groups excluding carboxylic acids is 1. The van der Waals surface area contributed by atoms with Gasteiger partial charge in [0.2, 0.25) is 0 Å². The number of benzene rings is 1. The van der Waals surface area contributed by atoms with Crippen LogP contribution in [0.3, 0.4) is 0 Å². The number of nitrogens with zero attached hydrogens (tertiary/aromatic N) is 1. The third-order valence-corrected chi connectivity index (χ3v) is 3.66. The van der Waals surface area contributed by atoms with Crippen molar-refractivity contribution in [1.29, 1.82) is 0 Å². The Hall–Kier alpha value is -1.82. The van der Waals surface area contributed by atoms with Gasteiger partial charge in [0.25, 0.3) is 0 Å². The van der Waals surface area contributed by atoms with E-state index in [0.717, 1.165) is 15.7 Å². The Balaban J connectivity index is 1.96. The fraction of sp³-hybridized carbons (Fsp3) is 0.333. The summed E-state index contributed by atoms with van der Waals surface area (Å²) >= 11 is 3.45. The first-order valence-corrected chi connectivity index (χ1v) is 7.39. The predicted octanol–water partition coefficient (Wildman–Crippen LogP) is 4.22. The second-order valence-corrected chi connectivity index (χ2v) is 6.49. The zero-order valence-corrected chi connectivity index (χ0v) is 13.8. The molecule has 0 bridgehead atoms. The minimum atomic E-state index is -0.536. The number of carbonyl (C=O) groups is 1. The van der Waals surface area contributed by atoms with E-state index in [1.54, 1.807) is 0 Å². The van der Waals surface area contributed by atoms with Gasteiger partial charge in [-0.15, -0.1) is 0 Å². The molecule has 21 heavy (non-hydrogen) atoms. The number of rotatable bonds is 3. The lowest BCUT2D eigenvalue weighted by molar-refractivity contribution is 0.155. The first kappa shape index (κ1) is 15.6. The monoisotopic (exact) mass is 351 g/mol. The van der Waals surface area contributed by atoms with Crippen molar-refractivity contribution >= 4 is 27.8 Å². The van der Waals surface area contributed by atoms with E-state index in [9.17, 15) is 4.79 Å². The van der Waals surface area contributed by atoms with E-state index in [1.165, 1.54) is 0 Å². The van der Waals surface area contributed by atoms with Crippen molar-refractivity contribution in [3.8, 4) is 0 Å². The Morgan fingerprint density at radius 3 is 2.57 bits per heavy atom. The van der Waals surface area contributed by atoms with Gasteiger partial charge in [0.1, 0.15) is 6.61 Å². The van der Waals surface area contributed by atoms with Crippen LogP contribution in [0.4, 0.5) is 10.6 Å². The average molecular weight is 352 g/mol. The number of hydrogen-bond acceptors (Lipinski definition) is 3. The van der Waals surface area contributed by atoms with Crippen LogP contribution in [-0.4, -0.2) is 16.3 Å². The zero-order valence-electron chi connectivity index (χ0n) is 12.2. The highest BCUT2D eigenvalue weighted by Crippen LogP contribution is 2.32. The smallest absolute Gasteiger partial charge is 0.413 e. The normalized spacial score (nSPS) is 11.2. The molecule has 6 heteroatoms. The largest absolute Gasteiger partial charge is 0.444 e. The van der Waals surface area contributed by atoms with Gasteiger partial charge in [-0.25, -0.2) is 4.79 Å². The fourth-order valence-electron chi connectivity index (χ4n) is 1.76. The maximum absolute atomic E-state index is 11.8. The van der Waals surface area contributed by atoms with Gasteiger partial charge >= 0.3 is 6.09 Å². The number of H-pyrrole nitrogens is 1. The molecule has 1 aromatic heterocycles. The van der Waals surface area contributed by atoms with Gasteiger partial charge in [-0.2, -0.15) is 5.10 Å². The van der Waals surface area contributed by atoms with Gasteiger partial charge in [-0.1, -0.05) is 51.1 Å². The van der Waals surface area contributed by atoms with Crippen molar-refractivity contribution in [3.05, 3.63) is 46.1 Å². The van der Waals surface area contributed by atoms with E-state index in [0.29, 0.717) is 5.82 Å². The molecule has 0 atom stereocenters. The quantitative estimate of drug-likeness (QED) is 0.869. The summed E-state index contributed by atoms with van der Waals surface area (Å²) in [7, 11) is 0. The molecule has 0 aliphatic rings. The van der Waals surface area contributed by atoms with Crippen LogP contribution in [0.15, 0.2) is 34.8 Å². The molecule has 1 amide bonds. The van der Waals surface area contributed by atoms with E-state index in [4.69, 9.17) is 4.74 Å². The summed E-state index contributed by atoms with van der Waals surface area (Å²) in [6, 6.07) is 9.51.